The molecule has 0 aliphatic carbocycles. The molecule has 0 saturated carbocycles. The molecule has 2 saturated heterocycles. The van der Waals surface area contributed by atoms with E-state index in [1.54, 1.807) is 18.6 Å². The monoisotopic (exact) mass is 324 g/mol. The largest absolute Gasteiger partial charge is 0.438 e. The third-order valence-corrected chi connectivity index (χ3v) is 4.88. The van der Waals surface area contributed by atoms with E-state index in [2.05, 4.69) is 25.7 Å². The predicted octanol–water partition coefficient (Wildman–Crippen LogP) is 1.03. The number of nitrogens with one attached hydrogen (secondary N) is 2. The molecule has 8 heteroatoms. The van der Waals surface area contributed by atoms with E-state index < -0.39 is 0 Å². The van der Waals surface area contributed by atoms with E-state index >= 15 is 0 Å². The second-order valence-corrected chi connectivity index (χ2v) is 6.40. The summed E-state index contributed by atoms with van der Waals surface area (Å²) in [5.74, 6) is 0.383. The molecule has 2 bridgehead atoms. The Morgan fingerprint density at radius 1 is 1.38 bits per heavy atom. The molecule has 2 fully saturated rings. The summed E-state index contributed by atoms with van der Waals surface area (Å²) in [5.41, 5.74) is 0.969. The molecule has 5 rings (SSSR count). The van der Waals surface area contributed by atoms with Gasteiger partial charge in [-0.1, -0.05) is 0 Å². The van der Waals surface area contributed by atoms with E-state index in [-0.39, 0.29) is 11.9 Å². The maximum atomic E-state index is 12.5. The molecular weight excluding hydrogens is 308 g/mol. The van der Waals surface area contributed by atoms with Crippen LogP contribution in [0.15, 0.2) is 35.4 Å². The normalized spacial score (nSPS) is 25.4. The quantitative estimate of drug-likeness (QED) is 0.747. The van der Waals surface area contributed by atoms with Crippen molar-refractivity contribution in [3.8, 4) is 5.88 Å². The Hall–Kier alpha value is -2.74. The third kappa shape index (κ3) is 2.18. The van der Waals surface area contributed by atoms with Crippen molar-refractivity contribution in [2.75, 3.05) is 0 Å². The fourth-order valence-corrected chi connectivity index (χ4v) is 3.70. The van der Waals surface area contributed by atoms with Crippen molar-refractivity contribution in [1.82, 2.24) is 30.4 Å². The first-order valence-electron chi connectivity index (χ1n) is 8.08. The van der Waals surface area contributed by atoms with Crippen LogP contribution in [0.1, 0.15) is 29.8 Å². The molecule has 0 spiro atoms. The van der Waals surface area contributed by atoms with Gasteiger partial charge in [-0.15, -0.1) is 0 Å². The van der Waals surface area contributed by atoms with Gasteiger partial charge in [0, 0.05) is 41.8 Å². The molecule has 3 aromatic rings. The summed E-state index contributed by atoms with van der Waals surface area (Å²) in [6, 6.07) is 4.62. The van der Waals surface area contributed by atoms with Crippen molar-refractivity contribution in [3.63, 3.8) is 0 Å². The van der Waals surface area contributed by atoms with E-state index in [1.807, 2.05) is 6.07 Å². The Labute approximate surface area is 137 Å². The summed E-state index contributed by atoms with van der Waals surface area (Å²) in [7, 11) is 0. The number of pyridine rings is 1. The molecule has 2 aliphatic heterocycles. The maximum absolute atomic E-state index is 12.5. The van der Waals surface area contributed by atoms with Gasteiger partial charge < -0.3 is 15.1 Å². The van der Waals surface area contributed by atoms with Gasteiger partial charge in [0.2, 0.25) is 5.88 Å². The van der Waals surface area contributed by atoms with Crippen LogP contribution < -0.4 is 10.6 Å². The number of carbonyl (C=O) groups is 1. The number of carbonyl (C=O) groups excluding carboxylic acids is 1. The van der Waals surface area contributed by atoms with Crippen molar-refractivity contribution < 1.29 is 9.21 Å². The summed E-state index contributed by atoms with van der Waals surface area (Å²) in [6.07, 6.45) is 7.97. The summed E-state index contributed by atoms with van der Waals surface area (Å²) >= 11 is 0. The SMILES string of the molecule is O=C(N[C@@H]1C[C@H]2CC[C@@H]1N2)c1cc2oc(-n3cncn3)cc2cn1. The summed E-state index contributed by atoms with van der Waals surface area (Å²) < 4.78 is 7.28. The molecular formula is C16H16N6O2. The van der Waals surface area contributed by atoms with E-state index in [4.69, 9.17) is 4.42 Å². The zero-order valence-electron chi connectivity index (χ0n) is 12.8. The van der Waals surface area contributed by atoms with E-state index in [9.17, 15) is 4.79 Å². The van der Waals surface area contributed by atoms with Crippen LogP contribution in [-0.2, 0) is 0 Å². The molecule has 3 atom stereocenters. The number of nitrogens with zero attached hydrogens (tertiary/aromatic N) is 4. The van der Waals surface area contributed by atoms with Gasteiger partial charge in [-0.25, -0.2) is 4.98 Å². The highest BCUT2D eigenvalue weighted by Gasteiger charge is 2.39. The van der Waals surface area contributed by atoms with Gasteiger partial charge in [-0.05, 0) is 19.3 Å². The minimum atomic E-state index is -0.157. The van der Waals surface area contributed by atoms with Crippen LogP contribution in [0.4, 0.5) is 0 Å². The molecule has 24 heavy (non-hydrogen) atoms. The van der Waals surface area contributed by atoms with E-state index in [0.29, 0.717) is 29.2 Å². The van der Waals surface area contributed by atoms with Crippen molar-refractivity contribution in [1.29, 1.82) is 0 Å². The van der Waals surface area contributed by atoms with Crippen molar-refractivity contribution in [2.45, 2.75) is 37.4 Å². The van der Waals surface area contributed by atoms with Gasteiger partial charge >= 0.3 is 0 Å². The van der Waals surface area contributed by atoms with Gasteiger partial charge in [0.1, 0.15) is 23.9 Å². The third-order valence-electron chi connectivity index (χ3n) is 4.88. The van der Waals surface area contributed by atoms with Crippen LogP contribution >= 0.6 is 0 Å². The highest BCUT2D eigenvalue weighted by Crippen LogP contribution is 2.28. The van der Waals surface area contributed by atoms with Gasteiger partial charge in [-0.3, -0.25) is 9.78 Å². The predicted molar refractivity (Wildman–Crippen MR) is 84.7 cm³/mol. The zero-order valence-corrected chi connectivity index (χ0v) is 12.8. The Morgan fingerprint density at radius 2 is 2.33 bits per heavy atom. The van der Waals surface area contributed by atoms with Crippen LogP contribution in [0.25, 0.3) is 16.9 Å². The van der Waals surface area contributed by atoms with Crippen LogP contribution in [0.2, 0.25) is 0 Å². The Bertz CT molecular complexity index is 903. The second kappa shape index (κ2) is 5.13. The topological polar surface area (TPSA) is 97.9 Å². The van der Waals surface area contributed by atoms with Crippen LogP contribution in [0.3, 0.4) is 0 Å². The summed E-state index contributed by atoms with van der Waals surface area (Å²) in [4.78, 5) is 20.7. The molecule has 2 N–H and O–H groups in total. The van der Waals surface area contributed by atoms with Crippen LogP contribution in [-0.4, -0.2) is 43.8 Å². The number of fused-ring (bicyclic) bond motifs is 3. The van der Waals surface area contributed by atoms with Crippen LogP contribution in [0, 0.1) is 0 Å². The highest BCUT2D eigenvalue weighted by atomic mass is 16.4. The lowest BCUT2D eigenvalue weighted by Crippen LogP contribution is -2.43. The standard InChI is InChI=1S/C16H16N6O2/c23-16(21-12-4-10-1-2-11(12)20-10)13-5-14-9(6-18-13)3-15(24-14)22-8-17-7-19-22/h3,5-8,10-12,20H,1-2,4H2,(H,21,23)/t10-,11+,12-/m1/s1. The number of rotatable bonds is 3. The number of hydrogen-bond donors (Lipinski definition) is 2. The lowest BCUT2D eigenvalue weighted by Gasteiger charge is -2.21. The first-order chi connectivity index (χ1) is 11.8. The summed E-state index contributed by atoms with van der Waals surface area (Å²) in [6.45, 7) is 0. The first-order valence-corrected chi connectivity index (χ1v) is 8.08. The Morgan fingerprint density at radius 3 is 3.08 bits per heavy atom. The van der Waals surface area contributed by atoms with Crippen molar-refractivity contribution in [2.24, 2.45) is 0 Å². The van der Waals surface area contributed by atoms with Crippen LogP contribution in [0.5, 0.6) is 0 Å². The molecule has 0 aromatic carbocycles. The van der Waals surface area contributed by atoms with Gasteiger partial charge in [-0.2, -0.15) is 9.78 Å². The fourth-order valence-electron chi connectivity index (χ4n) is 3.70. The molecule has 2 aliphatic rings. The number of furan rings is 1. The molecule has 8 nitrogen and oxygen atoms in total. The highest BCUT2D eigenvalue weighted by molar-refractivity contribution is 5.95. The van der Waals surface area contributed by atoms with Crippen molar-refractivity contribution >= 4 is 16.9 Å². The molecule has 3 aromatic heterocycles. The fraction of sp³-hybridized carbons (Fsp3) is 0.375. The zero-order chi connectivity index (χ0) is 16.1. The first kappa shape index (κ1) is 13.7. The molecule has 0 unspecified atom stereocenters. The minimum Gasteiger partial charge on any atom is -0.438 e. The minimum absolute atomic E-state index is 0.157. The Balaban J connectivity index is 1.39. The number of aromatic nitrogens is 4. The average Bonchev–Trinajstić information content (AvgIpc) is 3.35. The van der Waals surface area contributed by atoms with Crippen molar-refractivity contribution in [3.05, 3.63) is 36.7 Å². The van der Waals surface area contributed by atoms with Gasteiger partial charge in [0.25, 0.3) is 5.91 Å². The number of hydrogen-bond acceptors (Lipinski definition) is 6. The molecule has 122 valence electrons. The van der Waals surface area contributed by atoms with E-state index in [1.165, 1.54) is 17.4 Å². The van der Waals surface area contributed by atoms with Gasteiger partial charge in [0.05, 0.1) is 0 Å². The lowest BCUT2D eigenvalue weighted by atomic mass is 9.95. The number of amides is 1. The molecule has 5 heterocycles. The summed E-state index contributed by atoms with van der Waals surface area (Å²) in [5, 5.41) is 11.5. The molecule has 0 radical (unpaired) electrons. The second-order valence-electron chi connectivity index (χ2n) is 6.40. The molecule has 1 amide bonds. The Kier molecular flexibility index (Phi) is 2.93. The van der Waals surface area contributed by atoms with Gasteiger partial charge in [0.15, 0.2) is 0 Å². The lowest BCUT2D eigenvalue weighted by molar-refractivity contribution is 0.0926. The maximum Gasteiger partial charge on any atom is 0.270 e. The smallest absolute Gasteiger partial charge is 0.270 e. The average molecular weight is 324 g/mol. The van der Waals surface area contributed by atoms with E-state index in [0.717, 1.165) is 18.2 Å².